The molecule has 1 aliphatic rings. The van der Waals surface area contributed by atoms with E-state index in [1.807, 2.05) is 54.6 Å². The van der Waals surface area contributed by atoms with Gasteiger partial charge in [0, 0.05) is 36.8 Å². The molecule has 2 aromatic carbocycles. The highest BCUT2D eigenvalue weighted by molar-refractivity contribution is 5.82. The largest absolute Gasteiger partial charge is 0.439 e. The molecule has 4 aromatic rings. The van der Waals surface area contributed by atoms with Gasteiger partial charge in [-0.05, 0) is 42.5 Å². The molecular weight excluding hydrogens is 360 g/mol. The lowest BCUT2D eigenvalue weighted by molar-refractivity contribution is 0.463. The molecule has 0 unspecified atom stereocenters. The summed E-state index contributed by atoms with van der Waals surface area (Å²) in [7, 11) is 2.10. The number of nitrogens with zero attached hydrogens (tertiary/aromatic N) is 4. The van der Waals surface area contributed by atoms with Crippen LogP contribution in [0.5, 0.6) is 11.6 Å². The summed E-state index contributed by atoms with van der Waals surface area (Å²) in [6, 6.07) is 26.2. The average Bonchev–Trinajstić information content (AvgIpc) is 3.12. The third kappa shape index (κ3) is 3.38. The zero-order valence-corrected chi connectivity index (χ0v) is 16.1. The van der Waals surface area contributed by atoms with E-state index in [9.17, 15) is 0 Å². The summed E-state index contributed by atoms with van der Waals surface area (Å²) in [5.74, 6) is 1.30. The molecular formula is C24H20N4O. The van der Waals surface area contributed by atoms with Crippen LogP contribution < -0.4 is 14.5 Å². The van der Waals surface area contributed by atoms with E-state index in [-0.39, 0.29) is 0 Å². The number of para-hydroxylation sites is 2. The van der Waals surface area contributed by atoms with Crippen LogP contribution in [0.2, 0.25) is 0 Å². The fourth-order valence-electron chi connectivity index (χ4n) is 3.60. The van der Waals surface area contributed by atoms with Crippen molar-refractivity contribution in [3.63, 3.8) is 0 Å². The Kier molecular flexibility index (Phi) is 4.33. The minimum absolute atomic E-state index is 0.563. The fraction of sp³-hybridized carbons (Fsp3) is 0.0833. The molecule has 0 N–H and O–H groups in total. The zero-order valence-electron chi connectivity index (χ0n) is 16.1. The number of ether oxygens (including phenoxy) is 1. The van der Waals surface area contributed by atoms with Crippen LogP contribution in [-0.4, -0.2) is 23.7 Å². The summed E-state index contributed by atoms with van der Waals surface area (Å²) in [6.07, 6.45) is 3.58. The quantitative estimate of drug-likeness (QED) is 0.469. The van der Waals surface area contributed by atoms with Crippen LogP contribution in [0.15, 0.2) is 91.3 Å². The number of pyridine rings is 2. The highest BCUT2D eigenvalue weighted by Gasteiger charge is 2.24. The molecule has 5 heteroatoms. The van der Waals surface area contributed by atoms with Crippen molar-refractivity contribution in [1.82, 2.24) is 9.97 Å². The van der Waals surface area contributed by atoms with Crippen LogP contribution in [0.25, 0.3) is 11.3 Å². The van der Waals surface area contributed by atoms with Gasteiger partial charge >= 0.3 is 0 Å². The summed E-state index contributed by atoms with van der Waals surface area (Å²) < 4.78 is 6.08. The molecule has 0 spiro atoms. The van der Waals surface area contributed by atoms with Crippen LogP contribution in [0.1, 0.15) is 0 Å². The Morgan fingerprint density at radius 1 is 0.793 bits per heavy atom. The maximum Gasteiger partial charge on any atom is 0.221 e. The number of aromatic nitrogens is 2. The first-order chi connectivity index (χ1) is 14.3. The van der Waals surface area contributed by atoms with Crippen LogP contribution in [0.3, 0.4) is 0 Å². The molecule has 0 fully saturated rings. The molecule has 5 nitrogen and oxygen atoms in total. The van der Waals surface area contributed by atoms with Crippen LogP contribution in [0.4, 0.5) is 17.1 Å². The van der Waals surface area contributed by atoms with Gasteiger partial charge in [-0.2, -0.15) is 0 Å². The second-order valence-electron chi connectivity index (χ2n) is 6.95. The smallest absolute Gasteiger partial charge is 0.221 e. The molecule has 0 radical (unpaired) electrons. The Morgan fingerprint density at radius 3 is 2.52 bits per heavy atom. The summed E-state index contributed by atoms with van der Waals surface area (Å²) in [4.78, 5) is 13.3. The van der Waals surface area contributed by atoms with E-state index in [4.69, 9.17) is 4.74 Å². The Labute approximate surface area is 169 Å². The van der Waals surface area contributed by atoms with Crippen molar-refractivity contribution in [2.45, 2.75) is 0 Å². The Balaban J connectivity index is 1.42. The predicted octanol–water partition coefficient (Wildman–Crippen LogP) is 5.48. The fourth-order valence-corrected chi connectivity index (χ4v) is 3.60. The van der Waals surface area contributed by atoms with Gasteiger partial charge < -0.3 is 14.5 Å². The first-order valence-electron chi connectivity index (χ1n) is 9.51. The third-order valence-electron chi connectivity index (χ3n) is 4.98. The van der Waals surface area contributed by atoms with E-state index in [1.54, 1.807) is 12.4 Å². The number of fused-ring (bicyclic) bond motifs is 1. The molecule has 5 rings (SSSR count). The molecule has 2 aromatic heterocycles. The number of anilines is 3. The summed E-state index contributed by atoms with van der Waals surface area (Å²) in [5, 5.41) is 0. The number of benzene rings is 2. The van der Waals surface area contributed by atoms with Crippen molar-refractivity contribution in [3.8, 4) is 22.9 Å². The first kappa shape index (κ1) is 17.3. The van der Waals surface area contributed by atoms with E-state index >= 15 is 0 Å². The molecule has 0 saturated carbocycles. The van der Waals surface area contributed by atoms with Crippen LogP contribution in [0, 0.1) is 0 Å². The van der Waals surface area contributed by atoms with Gasteiger partial charge in [0.05, 0.1) is 23.7 Å². The van der Waals surface area contributed by atoms with Crippen molar-refractivity contribution in [1.29, 1.82) is 0 Å². The molecule has 3 heterocycles. The van der Waals surface area contributed by atoms with E-state index in [0.29, 0.717) is 5.88 Å². The molecule has 0 saturated heterocycles. The second kappa shape index (κ2) is 7.28. The molecule has 1 aliphatic heterocycles. The predicted molar refractivity (Wildman–Crippen MR) is 116 cm³/mol. The van der Waals surface area contributed by atoms with Gasteiger partial charge in [0.1, 0.15) is 5.75 Å². The summed E-state index contributed by atoms with van der Waals surface area (Å²) in [6.45, 7) is 0.790. The number of hydrogen-bond donors (Lipinski definition) is 0. The molecule has 29 heavy (non-hydrogen) atoms. The number of rotatable bonds is 4. The first-order valence-corrected chi connectivity index (χ1v) is 9.51. The second-order valence-corrected chi connectivity index (χ2v) is 6.95. The van der Waals surface area contributed by atoms with Crippen molar-refractivity contribution < 1.29 is 4.74 Å². The highest BCUT2D eigenvalue weighted by Crippen LogP contribution is 2.40. The van der Waals surface area contributed by atoms with Gasteiger partial charge in [0.2, 0.25) is 5.88 Å². The molecule has 0 bridgehead atoms. The topological polar surface area (TPSA) is 41.5 Å². The molecule has 0 atom stereocenters. The number of hydrogen-bond acceptors (Lipinski definition) is 5. The van der Waals surface area contributed by atoms with Gasteiger partial charge in [0.25, 0.3) is 0 Å². The Morgan fingerprint density at radius 2 is 1.66 bits per heavy atom. The van der Waals surface area contributed by atoms with Gasteiger partial charge in [-0.25, -0.2) is 4.98 Å². The highest BCUT2D eigenvalue weighted by atomic mass is 16.5. The van der Waals surface area contributed by atoms with Gasteiger partial charge in [-0.15, -0.1) is 0 Å². The minimum Gasteiger partial charge on any atom is -0.439 e. The SMILES string of the molecule is CN1CN(c2ccnc(Oc3cccc(-c4ccccn4)c3)c2)c2ccccc21. The van der Waals surface area contributed by atoms with Crippen LogP contribution >= 0.6 is 0 Å². The van der Waals surface area contributed by atoms with Gasteiger partial charge in [-0.3, -0.25) is 4.98 Å². The van der Waals surface area contributed by atoms with E-state index in [1.165, 1.54) is 11.4 Å². The van der Waals surface area contributed by atoms with Crippen LogP contribution in [-0.2, 0) is 0 Å². The average molecular weight is 380 g/mol. The molecule has 0 amide bonds. The molecule has 0 aliphatic carbocycles. The Hall–Kier alpha value is -3.86. The van der Waals surface area contributed by atoms with E-state index in [2.05, 4.69) is 51.1 Å². The van der Waals surface area contributed by atoms with E-state index < -0.39 is 0 Å². The minimum atomic E-state index is 0.563. The zero-order chi connectivity index (χ0) is 19.6. The van der Waals surface area contributed by atoms with Crippen molar-refractivity contribution >= 4 is 17.1 Å². The standard InChI is InChI=1S/C24H20N4O/c1-27-17-28(23-11-3-2-10-22(23)27)19-12-14-26-24(16-19)29-20-8-6-7-18(15-20)21-9-4-5-13-25-21/h2-16H,17H2,1H3. The monoisotopic (exact) mass is 380 g/mol. The summed E-state index contributed by atoms with van der Waals surface area (Å²) >= 11 is 0. The molecule has 142 valence electrons. The van der Waals surface area contributed by atoms with Crippen molar-refractivity contribution in [3.05, 3.63) is 91.3 Å². The van der Waals surface area contributed by atoms with E-state index in [0.717, 1.165) is 29.4 Å². The lowest BCUT2D eigenvalue weighted by Crippen LogP contribution is -2.23. The van der Waals surface area contributed by atoms with Gasteiger partial charge in [-0.1, -0.05) is 30.3 Å². The van der Waals surface area contributed by atoms with Gasteiger partial charge in [0.15, 0.2) is 0 Å². The van der Waals surface area contributed by atoms with Crippen molar-refractivity contribution in [2.24, 2.45) is 0 Å². The Bertz CT molecular complexity index is 1150. The third-order valence-corrected chi connectivity index (χ3v) is 4.98. The van der Waals surface area contributed by atoms with Crippen molar-refractivity contribution in [2.75, 3.05) is 23.5 Å². The lowest BCUT2D eigenvalue weighted by Gasteiger charge is -2.20. The maximum absolute atomic E-state index is 6.08. The maximum atomic E-state index is 6.08. The summed E-state index contributed by atoms with van der Waals surface area (Å²) in [5.41, 5.74) is 5.37. The lowest BCUT2D eigenvalue weighted by atomic mass is 10.1. The normalized spacial score (nSPS) is 12.7.